The summed E-state index contributed by atoms with van der Waals surface area (Å²) in [6.45, 7) is 5.98. The van der Waals surface area contributed by atoms with Gasteiger partial charge >= 0.3 is 0 Å². The highest BCUT2D eigenvalue weighted by Gasteiger charge is 2.22. The van der Waals surface area contributed by atoms with Crippen LogP contribution >= 0.6 is 0 Å². The number of rotatable bonds is 13. The van der Waals surface area contributed by atoms with Gasteiger partial charge in [0.15, 0.2) is 0 Å². The molecule has 2 heterocycles. The number of hydrogen-bond donors (Lipinski definition) is 5. The molecular weight excluding hydrogens is 542 g/mol. The van der Waals surface area contributed by atoms with Gasteiger partial charge in [-0.2, -0.15) is 0 Å². The first-order valence-electron chi connectivity index (χ1n) is 14.7. The van der Waals surface area contributed by atoms with Crippen molar-refractivity contribution in [3.8, 4) is 0 Å². The molecule has 0 spiro atoms. The number of nitrogens with two attached hydrogens (primary N) is 2. The normalized spacial score (nSPS) is 14.2. The highest BCUT2D eigenvalue weighted by molar-refractivity contribution is 6.05. The van der Waals surface area contributed by atoms with E-state index in [4.69, 9.17) is 11.5 Å². The number of nitrogens with zero attached hydrogens (tertiary/aromatic N) is 3. The third-order valence-corrected chi connectivity index (χ3v) is 7.16. The molecule has 226 valence electrons. The maximum atomic E-state index is 13.1. The summed E-state index contributed by atoms with van der Waals surface area (Å²) in [6.07, 6.45) is 6.69. The van der Waals surface area contributed by atoms with Crippen LogP contribution in [0.15, 0.2) is 77.6 Å². The molecule has 3 aromatic rings. The average Bonchev–Trinajstić information content (AvgIpc) is 3.17. The molecule has 0 saturated heterocycles. The predicted molar refractivity (Wildman–Crippen MR) is 171 cm³/mol. The Kier molecular flexibility index (Phi) is 11.2. The summed E-state index contributed by atoms with van der Waals surface area (Å²) in [5, 5.41) is 16.8. The van der Waals surface area contributed by atoms with Gasteiger partial charge in [0.05, 0.1) is 17.6 Å². The van der Waals surface area contributed by atoms with Crippen LogP contribution in [0.1, 0.15) is 72.6 Å². The molecule has 2 aromatic carbocycles. The van der Waals surface area contributed by atoms with Crippen LogP contribution in [0, 0.1) is 0 Å². The van der Waals surface area contributed by atoms with E-state index in [1.807, 2.05) is 47.4 Å². The van der Waals surface area contributed by atoms with Gasteiger partial charge in [0.2, 0.25) is 5.91 Å². The third-order valence-electron chi connectivity index (χ3n) is 7.16. The van der Waals surface area contributed by atoms with Crippen LogP contribution < -0.4 is 22.1 Å². The molecule has 0 aliphatic carbocycles. The lowest BCUT2D eigenvalue weighted by molar-refractivity contribution is -0.121. The van der Waals surface area contributed by atoms with Crippen molar-refractivity contribution in [2.45, 2.75) is 58.3 Å². The van der Waals surface area contributed by atoms with Crippen LogP contribution in [0.5, 0.6) is 0 Å². The van der Waals surface area contributed by atoms with Crippen LogP contribution in [-0.2, 0) is 11.3 Å². The largest absolute Gasteiger partial charge is 0.387 e. The van der Waals surface area contributed by atoms with E-state index in [9.17, 15) is 14.7 Å². The monoisotopic (exact) mass is 583 g/mol. The number of aromatic nitrogens is 1. The number of hydrogen-bond acceptors (Lipinski definition) is 8. The fraction of sp³-hybridized carbons (Fsp3) is 0.333. The summed E-state index contributed by atoms with van der Waals surface area (Å²) < 4.78 is 0. The fourth-order valence-corrected chi connectivity index (χ4v) is 5.04. The second kappa shape index (κ2) is 15.2. The van der Waals surface area contributed by atoms with E-state index in [1.54, 1.807) is 30.6 Å². The number of carbonyl (C=O) groups is 2. The molecule has 0 bridgehead atoms. The lowest BCUT2D eigenvalue weighted by atomic mass is 10.0. The Hall–Kier alpha value is -4.38. The van der Waals surface area contributed by atoms with Crippen molar-refractivity contribution >= 4 is 35.1 Å². The molecule has 10 heteroatoms. The van der Waals surface area contributed by atoms with Gasteiger partial charge in [-0.1, -0.05) is 50.2 Å². The van der Waals surface area contributed by atoms with Gasteiger partial charge in [-0.05, 0) is 53.8 Å². The van der Waals surface area contributed by atoms with Crippen molar-refractivity contribution in [3.05, 3.63) is 94.8 Å². The average molecular weight is 584 g/mol. The van der Waals surface area contributed by atoms with Crippen molar-refractivity contribution < 1.29 is 14.7 Å². The zero-order valence-electron chi connectivity index (χ0n) is 24.8. The summed E-state index contributed by atoms with van der Waals surface area (Å²) in [5.41, 5.74) is 17.0. The number of nitrogens with one attached hydrogen (secondary N) is 2. The highest BCUT2D eigenvalue weighted by Crippen LogP contribution is 2.30. The van der Waals surface area contributed by atoms with E-state index in [0.717, 1.165) is 48.2 Å². The van der Waals surface area contributed by atoms with Gasteiger partial charge in [-0.15, -0.1) is 0 Å². The van der Waals surface area contributed by atoms with Crippen molar-refractivity contribution in [1.29, 1.82) is 0 Å². The molecule has 2 atom stereocenters. The minimum Gasteiger partial charge on any atom is -0.387 e. The number of amidine groups is 1. The number of benzene rings is 2. The fourth-order valence-electron chi connectivity index (χ4n) is 5.04. The quantitative estimate of drug-likeness (QED) is 0.188. The summed E-state index contributed by atoms with van der Waals surface area (Å²) in [6, 6.07) is 16.1. The topological polar surface area (TPSA) is 159 Å². The summed E-state index contributed by atoms with van der Waals surface area (Å²) in [7, 11) is 0. The van der Waals surface area contributed by atoms with E-state index in [-0.39, 0.29) is 24.8 Å². The lowest BCUT2D eigenvalue weighted by Crippen LogP contribution is -2.38. The zero-order valence-corrected chi connectivity index (χ0v) is 24.8. The van der Waals surface area contributed by atoms with Crippen LogP contribution in [0.2, 0.25) is 0 Å². The number of fused-ring (bicyclic) bond motifs is 1. The number of aliphatic hydroxyl groups is 1. The zero-order chi connectivity index (χ0) is 30.8. The van der Waals surface area contributed by atoms with E-state index in [1.165, 1.54) is 0 Å². The Morgan fingerprint density at radius 1 is 1.05 bits per heavy atom. The van der Waals surface area contributed by atoms with Gasteiger partial charge < -0.3 is 27.2 Å². The van der Waals surface area contributed by atoms with Crippen molar-refractivity contribution in [1.82, 2.24) is 15.2 Å². The molecule has 10 nitrogen and oxygen atoms in total. The first-order valence-corrected chi connectivity index (χ1v) is 14.7. The minimum absolute atomic E-state index is 0.157. The number of anilines is 1. The maximum Gasteiger partial charge on any atom is 0.255 e. The Morgan fingerprint density at radius 3 is 2.51 bits per heavy atom. The molecule has 0 radical (unpaired) electrons. The number of aliphatic hydroxyl groups excluding tert-OH is 1. The maximum absolute atomic E-state index is 13.1. The molecule has 7 N–H and O–H groups in total. The lowest BCUT2D eigenvalue weighted by Gasteiger charge is -2.28. The molecular formula is C33H41N7O3. The van der Waals surface area contributed by atoms with E-state index < -0.39 is 12.3 Å². The van der Waals surface area contributed by atoms with Crippen LogP contribution in [0.25, 0.3) is 6.08 Å². The Morgan fingerprint density at radius 2 is 1.79 bits per heavy atom. The van der Waals surface area contributed by atoms with Crippen molar-refractivity contribution in [2.24, 2.45) is 16.5 Å². The van der Waals surface area contributed by atoms with Crippen molar-refractivity contribution in [3.63, 3.8) is 0 Å². The SMILES string of the molecule is CCCN(CCC)C(O)C1=Cc2ccc(C(=O)Nc3cncc(CNC(=O)CC(N)c4ccccc4)c3)cc2N=C(N)C1. The summed E-state index contributed by atoms with van der Waals surface area (Å²) in [5.74, 6) is -0.138. The van der Waals surface area contributed by atoms with Gasteiger partial charge in [0.25, 0.3) is 5.91 Å². The molecule has 1 aromatic heterocycles. The molecule has 43 heavy (non-hydrogen) atoms. The van der Waals surface area contributed by atoms with Gasteiger partial charge in [0.1, 0.15) is 12.1 Å². The van der Waals surface area contributed by atoms with E-state index in [0.29, 0.717) is 29.2 Å². The van der Waals surface area contributed by atoms with E-state index in [2.05, 4.69) is 34.5 Å². The van der Waals surface area contributed by atoms with Gasteiger partial charge in [0, 0.05) is 55.8 Å². The van der Waals surface area contributed by atoms with E-state index >= 15 is 0 Å². The van der Waals surface area contributed by atoms with Gasteiger partial charge in [-0.25, -0.2) is 4.99 Å². The third kappa shape index (κ3) is 8.81. The number of carbonyl (C=O) groups excluding carboxylic acids is 2. The van der Waals surface area contributed by atoms with Crippen LogP contribution in [-0.4, -0.2) is 52.0 Å². The second-order valence-corrected chi connectivity index (χ2v) is 10.7. The predicted octanol–water partition coefficient (Wildman–Crippen LogP) is 4.26. The summed E-state index contributed by atoms with van der Waals surface area (Å²) >= 11 is 0. The highest BCUT2D eigenvalue weighted by atomic mass is 16.3. The smallest absolute Gasteiger partial charge is 0.255 e. The van der Waals surface area contributed by atoms with Crippen LogP contribution in [0.4, 0.5) is 11.4 Å². The van der Waals surface area contributed by atoms with Gasteiger partial charge in [-0.3, -0.25) is 19.5 Å². The molecule has 4 rings (SSSR count). The Labute approximate surface area is 252 Å². The van der Waals surface area contributed by atoms with Crippen molar-refractivity contribution in [2.75, 3.05) is 18.4 Å². The molecule has 0 saturated carbocycles. The molecule has 1 aliphatic rings. The Balaban J connectivity index is 1.40. The first kappa shape index (κ1) is 31.6. The molecule has 2 unspecified atom stereocenters. The minimum atomic E-state index is -0.757. The number of amides is 2. The first-order chi connectivity index (χ1) is 20.8. The Bertz CT molecular complexity index is 1470. The molecule has 2 amide bonds. The van der Waals surface area contributed by atoms with Crippen LogP contribution in [0.3, 0.4) is 0 Å². The number of aliphatic imine (C=N–C) groups is 1. The standard InChI is InChI=1S/C33H41N7O3/c1-3-12-40(13-4-2)33(43)26-15-24-10-11-25(16-29(24)39-30(35)17-26)32(42)38-27-14-22(19-36-21-27)20-37-31(41)18-28(34)23-8-6-5-7-9-23/h5-11,14-16,19,21,28,33,43H,3-4,12-13,17-18,20,34H2,1-2H3,(H2,35,39)(H,37,41)(H,38,42). The molecule has 1 aliphatic heterocycles. The molecule has 0 fully saturated rings. The second-order valence-electron chi connectivity index (χ2n) is 10.7. The summed E-state index contributed by atoms with van der Waals surface area (Å²) in [4.78, 5) is 36.4. The number of pyridine rings is 1.